The zero-order valence-electron chi connectivity index (χ0n) is 17.2. The van der Waals surface area contributed by atoms with Crippen LogP contribution in [0.3, 0.4) is 0 Å². The predicted molar refractivity (Wildman–Crippen MR) is 109 cm³/mol. The molecule has 28 heavy (non-hydrogen) atoms. The van der Waals surface area contributed by atoms with Gasteiger partial charge in [-0.05, 0) is 19.3 Å². The molecule has 0 saturated carbocycles. The highest BCUT2D eigenvalue weighted by atomic mass is 16.5. The number of rotatable bonds is 11. The Morgan fingerprint density at radius 2 is 1.79 bits per heavy atom. The molecule has 1 aliphatic heterocycles. The van der Waals surface area contributed by atoms with Gasteiger partial charge in [-0.2, -0.15) is 4.98 Å². The lowest BCUT2D eigenvalue weighted by Gasteiger charge is -2.26. The summed E-state index contributed by atoms with van der Waals surface area (Å²) in [6.45, 7) is 10.7. The Balaban J connectivity index is 1.79. The van der Waals surface area contributed by atoms with Gasteiger partial charge in [-0.1, -0.05) is 26.7 Å². The third kappa shape index (κ3) is 5.11. The molecule has 0 radical (unpaired) electrons. The van der Waals surface area contributed by atoms with Crippen LogP contribution in [0.25, 0.3) is 11.2 Å². The van der Waals surface area contributed by atoms with E-state index in [1.54, 1.807) is 10.8 Å². The van der Waals surface area contributed by atoms with E-state index in [0.717, 1.165) is 70.5 Å². The molecule has 1 fully saturated rings. The minimum Gasteiger partial charge on any atom is -0.463 e. The van der Waals surface area contributed by atoms with Gasteiger partial charge in [0.05, 0.1) is 26.0 Å². The normalized spacial score (nSPS) is 15.4. The first kappa shape index (κ1) is 20.8. The predicted octanol–water partition coefficient (Wildman–Crippen LogP) is 2.29. The number of fused-ring (bicyclic) bond motifs is 1. The molecule has 0 spiro atoms. The van der Waals surface area contributed by atoms with Gasteiger partial charge < -0.3 is 9.47 Å². The summed E-state index contributed by atoms with van der Waals surface area (Å²) < 4.78 is 14.7. The molecule has 8 nitrogen and oxygen atoms in total. The van der Waals surface area contributed by atoms with Crippen LogP contribution in [0.15, 0.2) is 11.0 Å². The van der Waals surface area contributed by atoms with Crippen LogP contribution in [0.5, 0.6) is 6.01 Å². The Morgan fingerprint density at radius 3 is 2.54 bits per heavy atom. The molecule has 0 atom stereocenters. The first-order chi connectivity index (χ1) is 13.7. The first-order valence-corrected chi connectivity index (χ1v) is 10.6. The quantitative estimate of drug-likeness (QED) is 0.547. The molecule has 0 amide bonds. The van der Waals surface area contributed by atoms with E-state index in [4.69, 9.17) is 9.47 Å². The largest absolute Gasteiger partial charge is 0.463 e. The Bertz CT molecular complexity index is 795. The number of aryl methyl sites for hydroxylation is 2. The summed E-state index contributed by atoms with van der Waals surface area (Å²) in [7, 11) is 0. The van der Waals surface area contributed by atoms with Gasteiger partial charge >= 0.3 is 11.7 Å². The van der Waals surface area contributed by atoms with Crippen molar-refractivity contribution in [2.45, 2.75) is 59.0 Å². The summed E-state index contributed by atoms with van der Waals surface area (Å²) in [4.78, 5) is 24.3. The van der Waals surface area contributed by atoms with E-state index in [1.807, 2.05) is 4.57 Å². The Hall–Kier alpha value is -1.93. The van der Waals surface area contributed by atoms with Crippen LogP contribution in [0.2, 0.25) is 0 Å². The number of aromatic nitrogens is 4. The second-order valence-corrected chi connectivity index (χ2v) is 7.31. The minimum absolute atomic E-state index is 0.00503. The van der Waals surface area contributed by atoms with Crippen molar-refractivity contribution in [1.82, 2.24) is 24.0 Å². The highest BCUT2D eigenvalue weighted by Gasteiger charge is 2.17. The topological polar surface area (TPSA) is 74.4 Å². The number of ether oxygens (including phenoxy) is 2. The Kier molecular flexibility index (Phi) is 7.85. The minimum atomic E-state index is 0.00503. The fourth-order valence-corrected chi connectivity index (χ4v) is 3.47. The molecule has 0 aromatic carbocycles. The van der Waals surface area contributed by atoms with Gasteiger partial charge in [0.25, 0.3) is 0 Å². The molecule has 0 N–H and O–H groups in total. The van der Waals surface area contributed by atoms with E-state index < -0.39 is 0 Å². The van der Waals surface area contributed by atoms with Crippen molar-refractivity contribution in [2.75, 3.05) is 39.5 Å². The van der Waals surface area contributed by atoms with Gasteiger partial charge in [0.1, 0.15) is 5.52 Å². The van der Waals surface area contributed by atoms with Gasteiger partial charge in [-0.25, -0.2) is 9.78 Å². The molecule has 3 rings (SSSR count). The van der Waals surface area contributed by atoms with Gasteiger partial charge in [0.2, 0.25) is 0 Å². The van der Waals surface area contributed by atoms with Crippen LogP contribution in [-0.2, 0) is 17.8 Å². The van der Waals surface area contributed by atoms with Gasteiger partial charge in [0.15, 0.2) is 5.65 Å². The highest BCUT2D eigenvalue weighted by Crippen LogP contribution is 2.15. The molecule has 1 aliphatic rings. The van der Waals surface area contributed by atoms with Gasteiger partial charge in [0, 0.05) is 32.7 Å². The van der Waals surface area contributed by atoms with Crippen LogP contribution in [0.4, 0.5) is 0 Å². The zero-order chi connectivity index (χ0) is 19.8. The molecule has 8 heteroatoms. The van der Waals surface area contributed by atoms with Crippen LogP contribution >= 0.6 is 0 Å². The van der Waals surface area contributed by atoms with E-state index >= 15 is 0 Å². The summed E-state index contributed by atoms with van der Waals surface area (Å²) in [5.74, 6) is 0. The van der Waals surface area contributed by atoms with E-state index in [2.05, 4.69) is 28.7 Å². The molecule has 2 aromatic rings. The number of morpholine rings is 1. The fraction of sp³-hybridized carbons (Fsp3) is 0.750. The molecular formula is C20H33N5O3. The summed E-state index contributed by atoms with van der Waals surface area (Å²) in [6.07, 6.45) is 6.66. The fourth-order valence-electron chi connectivity index (χ4n) is 3.47. The average molecular weight is 392 g/mol. The third-order valence-corrected chi connectivity index (χ3v) is 5.16. The van der Waals surface area contributed by atoms with Crippen LogP contribution in [-0.4, -0.2) is 63.5 Å². The number of nitrogens with zero attached hydrogens (tertiary/aromatic N) is 5. The van der Waals surface area contributed by atoms with Crippen LogP contribution in [0, 0.1) is 0 Å². The monoisotopic (exact) mass is 391 g/mol. The number of hydrogen-bond acceptors (Lipinski definition) is 6. The number of imidazole rings is 1. The lowest BCUT2D eigenvalue weighted by atomic mass is 10.3. The molecule has 156 valence electrons. The van der Waals surface area contributed by atoms with Crippen molar-refractivity contribution >= 4 is 11.2 Å². The molecule has 0 unspecified atom stereocenters. The standard InChI is InChI=1S/C20H33N5O3/c1-3-5-9-24-17-16-21-19(28-13-6-4-2)22-18(17)25(20(24)26)10-7-8-23-11-14-27-15-12-23/h16H,3-15H2,1-2H3. The smallest absolute Gasteiger partial charge is 0.330 e. The SMILES string of the molecule is CCCCOc1ncc2c(n1)n(CCCN1CCOCC1)c(=O)n2CCCC. The van der Waals surface area contributed by atoms with Crippen molar-refractivity contribution in [3.63, 3.8) is 0 Å². The van der Waals surface area contributed by atoms with Crippen molar-refractivity contribution in [3.8, 4) is 6.01 Å². The molecule has 1 saturated heterocycles. The Labute approximate surface area is 166 Å². The summed E-state index contributed by atoms with van der Waals surface area (Å²) in [5.41, 5.74) is 1.49. The van der Waals surface area contributed by atoms with E-state index in [-0.39, 0.29) is 5.69 Å². The van der Waals surface area contributed by atoms with Crippen molar-refractivity contribution in [3.05, 3.63) is 16.7 Å². The second-order valence-electron chi connectivity index (χ2n) is 7.31. The third-order valence-electron chi connectivity index (χ3n) is 5.16. The number of unbranched alkanes of at least 4 members (excludes halogenated alkanes) is 2. The molecule has 0 bridgehead atoms. The van der Waals surface area contributed by atoms with Crippen LogP contribution in [0.1, 0.15) is 46.0 Å². The maximum Gasteiger partial charge on any atom is 0.330 e. The van der Waals surface area contributed by atoms with E-state index in [9.17, 15) is 4.79 Å². The number of hydrogen-bond donors (Lipinski definition) is 0. The zero-order valence-corrected chi connectivity index (χ0v) is 17.2. The Morgan fingerprint density at radius 1 is 1.04 bits per heavy atom. The molecular weight excluding hydrogens is 358 g/mol. The van der Waals surface area contributed by atoms with Gasteiger partial charge in [-0.15, -0.1) is 0 Å². The summed E-state index contributed by atoms with van der Waals surface area (Å²) in [6, 6.07) is 0.357. The summed E-state index contributed by atoms with van der Waals surface area (Å²) in [5, 5.41) is 0. The molecule has 0 aliphatic carbocycles. The van der Waals surface area contributed by atoms with E-state index in [1.165, 1.54) is 0 Å². The van der Waals surface area contributed by atoms with Crippen molar-refractivity contribution < 1.29 is 9.47 Å². The lowest BCUT2D eigenvalue weighted by molar-refractivity contribution is 0.0369. The molecule has 3 heterocycles. The lowest BCUT2D eigenvalue weighted by Crippen LogP contribution is -2.37. The molecule has 2 aromatic heterocycles. The second kappa shape index (κ2) is 10.6. The van der Waals surface area contributed by atoms with Crippen LogP contribution < -0.4 is 10.4 Å². The van der Waals surface area contributed by atoms with Gasteiger partial charge in [-0.3, -0.25) is 14.0 Å². The van der Waals surface area contributed by atoms with Crippen molar-refractivity contribution in [2.24, 2.45) is 0 Å². The highest BCUT2D eigenvalue weighted by molar-refractivity contribution is 5.70. The van der Waals surface area contributed by atoms with Crippen molar-refractivity contribution in [1.29, 1.82) is 0 Å². The maximum absolute atomic E-state index is 13.0. The average Bonchev–Trinajstić information content (AvgIpc) is 2.98. The first-order valence-electron chi connectivity index (χ1n) is 10.6. The maximum atomic E-state index is 13.0. The summed E-state index contributed by atoms with van der Waals surface area (Å²) >= 11 is 0. The van der Waals surface area contributed by atoms with E-state index in [0.29, 0.717) is 31.4 Å².